The van der Waals surface area contributed by atoms with Crippen LogP contribution in [0.5, 0.6) is 0 Å². The Bertz CT molecular complexity index is 997. The summed E-state index contributed by atoms with van der Waals surface area (Å²) in [6, 6.07) is -0.640. The van der Waals surface area contributed by atoms with Gasteiger partial charge in [0.15, 0.2) is 0 Å². The van der Waals surface area contributed by atoms with Crippen LogP contribution >= 0.6 is 0 Å². The van der Waals surface area contributed by atoms with Gasteiger partial charge in [-0.3, -0.25) is 9.59 Å². The van der Waals surface area contributed by atoms with Gasteiger partial charge in [-0.2, -0.15) is 0 Å². The van der Waals surface area contributed by atoms with E-state index >= 15 is 0 Å². The van der Waals surface area contributed by atoms with E-state index in [1.807, 2.05) is 6.08 Å². The Morgan fingerprint density at radius 1 is 0.422 bits per heavy atom. The molecule has 0 aliphatic heterocycles. The van der Waals surface area contributed by atoms with Crippen molar-refractivity contribution in [3.05, 3.63) is 24.3 Å². The Morgan fingerprint density at radius 3 is 1.11 bits per heavy atom. The van der Waals surface area contributed by atoms with E-state index < -0.39 is 12.1 Å². The topological polar surface area (TPSA) is 95.9 Å². The maximum Gasteiger partial charge on any atom is 0.305 e. The number of carbonyl (C=O) groups is 2. The van der Waals surface area contributed by atoms with E-state index in [0.717, 1.165) is 57.8 Å². The van der Waals surface area contributed by atoms with E-state index in [1.165, 1.54) is 225 Å². The first kappa shape index (κ1) is 62.3. The molecule has 2 unspecified atom stereocenters. The van der Waals surface area contributed by atoms with Crippen LogP contribution in [-0.2, 0) is 14.3 Å². The average Bonchev–Trinajstić information content (AvgIpc) is 3.29. The molecule has 0 saturated heterocycles. The molecule has 0 rings (SSSR count). The standard InChI is InChI=1S/C58H111NO5/c1-3-5-7-9-11-13-15-17-19-20-21-22-23-24-25-26-30-34-38-42-46-50-56(61)55(54-60)59-57(62)51-47-43-39-35-31-28-29-33-37-41-45-49-53-64-58(63)52-48-44-40-36-32-27-18-16-14-12-10-8-6-4-2/h16,18,46,50,55-56,60-61H,3-15,17,19-45,47-49,51-54H2,1-2H3,(H,59,62)/b18-16-,50-46+. The predicted octanol–water partition coefficient (Wildman–Crippen LogP) is 17.5. The molecule has 0 aliphatic carbocycles. The minimum atomic E-state index is -0.856. The molecule has 0 spiro atoms. The van der Waals surface area contributed by atoms with Crippen LogP contribution in [0.25, 0.3) is 0 Å². The molecular weight excluding hydrogens is 791 g/mol. The number of aliphatic hydroxyl groups excluding tert-OH is 2. The van der Waals surface area contributed by atoms with Gasteiger partial charge in [-0.25, -0.2) is 0 Å². The molecule has 64 heavy (non-hydrogen) atoms. The highest BCUT2D eigenvalue weighted by Gasteiger charge is 2.18. The normalized spacial score (nSPS) is 12.8. The molecule has 6 nitrogen and oxygen atoms in total. The fourth-order valence-corrected chi connectivity index (χ4v) is 8.81. The summed E-state index contributed by atoms with van der Waals surface area (Å²) < 4.78 is 5.46. The van der Waals surface area contributed by atoms with E-state index in [2.05, 4.69) is 31.3 Å². The molecule has 0 aromatic heterocycles. The van der Waals surface area contributed by atoms with Crippen molar-refractivity contribution in [2.24, 2.45) is 0 Å². The number of unbranched alkanes of at least 4 members (excludes halogenated alkanes) is 40. The Labute approximate surface area is 399 Å². The Hall–Kier alpha value is -1.66. The van der Waals surface area contributed by atoms with Crippen molar-refractivity contribution in [2.75, 3.05) is 13.2 Å². The molecule has 0 aromatic carbocycles. The molecule has 0 bridgehead atoms. The lowest BCUT2D eigenvalue weighted by Gasteiger charge is -2.20. The summed E-state index contributed by atoms with van der Waals surface area (Å²) in [5.74, 6) is -0.100. The van der Waals surface area contributed by atoms with Crippen LogP contribution in [0.3, 0.4) is 0 Å². The zero-order valence-electron chi connectivity index (χ0n) is 43.0. The Kier molecular flexibility index (Phi) is 52.6. The molecule has 0 radical (unpaired) electrons. The van der Waals surface area contributed by atoms with Crippen LogP contribution in [-0.4, -0.2) is 47.4 Å². The van der Waals surface area contributed by atoms with E-state index in [1.54, 1.807) is 6.08 Å². The van der Waals surface area contributed by atoms with Crippen molar-refractivity contribution >= 4 is 11.9 Å². The second kappa shape index (κ2) is 54.0. The first-order valence-electron chi connectivity index (χ1n) is 28.6. The van der Waals surface area contributed by atoms with Crippen LogP contribution in [0.15, 0.2) is 24.3 Å². The first-order valence-corrected chi connectivity index (χ1v) is 28.6. The van der Waals surface area contributed by atoms with Gasteiger partial charge in [-0.15, -0.1) is 0 Å². The first-order chi connectivity index (χ1) is 31.5. The number of aliphatic hydroxyl groups is 2. The summed E-state index contributed by atoms with van der Waals surface area (Å²) in [5.41, 5.74) is 0. The van der Waals surface area contributed by atoms with Gasteiger partial charge in [0.1, 0.15) is 0 Å². The monoisotopic (exact) mass is 902 g/mol. The van der Waals surface area contributed by atoms with Crippen LogP contribution in [0.2, 0.25) is 0 Å². The third kappa shape index (κ3) is 49.8. The van der Waals surface area contributed by atoms with Crippen molar-refractivity contribution in [3.63, 3.8) is 0 Å². The molecule has 6 heteroatoms. The molecule has 3 N–H and O–H groups in total. The fraction of sp³-hybridized carbons (Fsp3) is 0.897. The highest BCUT2D eigenvalue weighted by atomic mass is 16.5. The van der Waals surface area contributed by atoms with Gasteiger partial charge in [-0.05, 0) is 57.8 Å². The molecule has 0 aromatic rings. The van der Waals surface area contributed by atoms with E-state index in [-0.39, 0.29) is 18.5 Å². The maximum absolute atomic E-state index is 12.5. The maximum atomic E-state index is 12.5. The zero-order chi connectivity index (χ0) is 46.5. The van der Waals surface area contributed by atoms with Crippen LogP contribution in [0, 0.1) is 0 Å². The molecule has 2 atom stereocenters. The number of esters is 1. The van der Waals surface area contributed by atoms with Gasteiger partial charge in [0.2, 0.25) is 5.91 Å². The summed E-state index contributed by atoms with van der Waals surface area (Å²) in [7, 11) is 0. The largest absolute Gasteiger partial charge is 0.466 e. The summed E-state index contributed by atoms with van der Waals surface area (Å²) in [5, 5.41) is 23.2. The summed E-state index contributed by atoms with van der Waals surface area (Å²) >= 11 is 0. The number of amides is 1. The summed E-state index contributed by atoms with van der Waals surface area (Å²) in [4.78, 5) is 24.5. The highest BCUT2D eigenvalue weighted by molar-refractivity contribution is 5.76. The van der Waals surface area contributed by atoms with Crippen molar-refractivity contribution < 1.29 is 24.5 Å². The molecule has 0 saturated carbocycles. The lowest BCUT2D eigenvalue weighted by Crippen LogP contribution is -2.45. The van der Waals surface area contributed by atoms with Crippen molar-refractivity contribution in [1.29, 1.82) is 0 Å². The minimum absolute atomic E-state index is 0.0189. The number of allylic oxidation sites excluding steroid dienone is 3. The van der Waals surface area contributed by atoms with Gasteiger partial charge in [0.05, 0.1) is 25.4 Å². The van der Waals surface area contributed by atoms with Crippen molar-refractivity contribution in [3.8, 4) is 0 Å². The zero-order valence-corrected chi connectivity index (χ0v) is 43.0. The molecule has 0 fully saturated rings. The molecular formula is C58H111NO5. The SMILES string of the molecule is CCCCCCC/C=C\CCCCCCCC(=O)OCCCCCCCCCCCCCCC(=O)NC(CO)C(O)/C=C/CCCCCCCCCCCCCCCCCCCCC. The summed E-state index contributed by atoms with van der Waals surface area (Å²) in [6.45, 7) is 4.87. The average molecular weight is 903 g/mol. The lowest BCUT2D eigenvalue weighted by atomic mass is 10.0. The van der Waals surface area contributed by atoms with Gasteiger partial charge in [0.25, 0.3) is 0 Å². The second-order valence-electron chi connectivity index (χ2n) is 19.6. The highest BCUT2D eigenvalue weighted by Crippen LogP contribution is 2.17. The molecule has 378 valence electrons. The van der Waals surface area contributed by atoms with Gasteiger partial charge in [-0.1, -0.05) is 263 Å². The van der Waals surface area contributed by atoms with E-state index in [9.17, 15) is 19.8 Å². The third-order valence-corrected chi connectivity index (χ3v) is 13.2. The van der Waals surface area contributed by atoms with Gasteiger partial charge >= 0.3 is 5.97 Å². The van der Waals surface area contributed by atoms with E-state index in [0.29, 0.717) is 19.4 Å². The van der Waals surface area contributed by atoms with E-state index in [4.69, 9.17) is 4.74 Å². The van der Waals surface area contributed by atoms with Gasteiger partial charge in [0, 0.05) is 12.8 Å². The number of ether oxygens (including phenoxy) is 1. The lowest BCUT2D eigenvalue weighted by molar-refractivity contribution is -0.143. The minimum Gasteiger partial charge on any atom is -0.466 e. The molecule has 0 heterocycles. The van der Waals surface area contributed by atoms with Crippen LogP contribution < -0.4 is 5.32 Å². The number of nitrogens with one attached hydrogen (secondary N) is 1. The summed E-state index contributed by atoms with van der Waals surface area (Å²) in [6.07, 6.45) is 64.7. The van der Waals surface area contributed by atoms with Gasteiger partial charge < -0.3 is 20.3 Å². The van der Waals surface area contributed by atoms with Crippen molar-refractivity contribution in [2.45, 2.75) is 321 Å². The molecule has 0 aliphatic rings. The number of hydrogen-bond donors (Lipinski definition) is 3. The predicted molar refractivity (Wildman–Crippen MR) is 278 cm³/mol. The number of rotatable bonds is 53. The number of carbonyl (C=O) groups excluding carboxylic acids is 2. The number of hydrogen-bond acceptors (Lipinski definition) is 5. The third-order valence-electron chi connectivity index (χ3n) is 13.2. The van der Waals surface area contributed by atoms with Crippen LogP contribution in [0.1, 0.15) is 309 Å². The molecule has 1 amide bonds. The quantitative estimate of drug-likeness (QED) is 0.0321. The fourth-order valence-electron chi connectivity index (χ4n) is 8.81. The Morgan fingerprint density at radius 2 is 0.734 bits per heavy atom. The smallest absolute Gasteiger partial charge is 0.305 e. The second-order valence-corrected chi connectivity index (χ2v) is 19.6. The van der Waals surface area contributed by atoms with Crippen molar-refractivity contribution in [1.82, 2.24) is 5.32 Å². The van der Waals surface area contributed by atoms with Crippen LogP contribution in [0.4, 0.5) is 0 Å². The Balaban J connectivity index is 3.50.